The van der Waals surface area contributed by atoms with Crippen LogP contribution >= 0.6 is 0 Å². The minimum atomic E-state index is -0.776. The molecule has 0 amide bonds. The van der Waals surface area contributed by atoms with Gasteiger partial charge in [-0.2, -0.15) is 0 Å². The van der Waals surface area contributed by atoms with Gasteiger partial charge in [0.1, 0.15) is 13.2 Å². The van der Waals surface area contributed by atoms with Crippen LogP contribution in [0, 0.1) is 0 Å². The summed E-state index contributed by atoms with van der Waals surface area (Å²) in [4.78, 5) is 38.4. The van der Waals surface area contributed by atoms with Gasteiger partial charge in [-0.3, -0.25) is 14.4 Å². The molecule has 0 fully saturated rings. The summed E-state index contributed by atoms with van der Waals surface area (Å²) in [5, 5.41) is 0. The average Bonchev–Trinajstić information content (AvgIpc) is 3.43. The van der Waals surface area contributed by atoms with Crippen molar-refractivity contribution in [3.8, 4) is 0 Å². The molecule has 1 unspecified atom stereocenters. The molecule has 1 atom stereocenters. The smallest absolute Gasteiger partial charge is 0.306 e. The Morgan fingerprint density at radius 2 is 0.468 bits per heavy atom. The van der Waals surface area contributed by atoms with Crippen molar-refractivity contribution in [3.63, 3.8) is 0 Å². The first-order valence-electron chi connectivity index (χ1n) is 34.5. The molecule has 0 aliphatic rings. The predicted octanol–water partition coefficient (Wildman–Crippen LogP) is 23.6. The van der Waals surface area contributed by atoms with Gasteiger partial charge < -0.3 is 14.2 Å². The Hall–Kier alpha value is -2.37. The van der Waals surface area contributed by atoms with E-state index < -0.39 is 6.10 Å². The molecule has 0 aliphatic carbocycles. The number of carbonyl (C=O) groups excluding carboxylic acids is 3. The van der Waals surface area contributed by atoms with E-state index in [4.69, 9.17) is 14.2 Å². The second-order valence-electron chi connectivity index (χ2n) is 23.4. The van der Waals surface area contributed by atoms with Crippen molar-refractivity contribution in [1.29, 1.82) is 0 Å². The molecule has 0 aliphatic heterocycles. The predicted molar refractivity (Wildman–Crippen MR) is 335 cm³/mol. The van der Waals surface area contributed by atoms with Gasteiger partial charge in [-0.05, 0) is 77.0 Å². The largest absolute Gasteiger partial charge is 0.462 e. The van der Waals surface area contributed by atoms with Gasteiger partial charge in [-0.15, -0.1) is 0 Å². The fourth-order valence-electron chi connectivity index (χ4n) is 10.4. The molecule has 452 valence electrons. The summed E-state index contributed by atoms with van der Waals surface area (Å²) in [7, 11) is 0. The normalized spacial score (nSPS) is 12.2. The highest BCUT2D eigenvalue weighted by Crippen LogP contribution is 2.18. The van der Waals surface area contributed by atoms with Crippen LogP contribution in [-0.2, 0) is 28.6 Å². The lowest BCUT2D eigenvalue weighted by Crippen LogP contribution is -2.30. The topological polar surface area (TPSA) is 78.9 Å². The summed E-state index contributed by atoms with van der Waals surface area (Å²) in [6, 6.07) is 0. The number of carbonyl (C=O) groups is 3. The lowest BCUT2D eigenvalue weighted by molar-refractivity contribution is -0.167. The second-order valence-corrected chi connectivity index (χ2v) is 23.4. The molecule has 77 heavy (non-hydrogen) atoms. The Balaban J connectivity index is 4.21. The van der Waals surface area contributed by atoms with Crippen LogP contribution in [0.1, 0.15) is 380 Å². The molecule has 0 aromatic heterocycles. The fraction of sp³-hybridized carbons (Fsp3) is 0.873. The van der Waals surface area contributed by atoms with Crippen LogP contribution < -0.4 is 0 Å². The first kappa shape index (κ1) is 74.6. The molecule has 6 heteroatoms. The average molecular weight is 1080 g/mol. The highest BCUT2D eigenvalue weighted by Gasteiger charge is 2.19. The third kappa shape index (κ3) is 64.3. The molecule has 0 radical (unpaired) electrons. The Bertz CT molecular complexity index is 1290. The molecule has 0 N–H and O–H groups in total. The number of rotatable bonds is 64. The molecule has 0 saturated carbocycles. The maximum Gasteiger partial charge on any atom is 0.306 e. The van der Waals surface area contributed by atoms with Gasteiger partial charge in [0.15, 0.2) is 6.10 Å². The van der Waals surface area contributed by atoms with Crippen LogP contribution in [0.2, 0.25) is 0 Å². The van der Waals surface area contributed by atoms with Gasteiger partial charge in [0.25, 0.3) is 0 Å². The van der Waals surface area contributed by atoms with Crippen LogP contribution in [0.3, 0.4) is 0 Å². The Labute approximate surface area is 480 Å². The second kappa shape index (κ2) is 66.1. The van der Waals surface area contributed by atoms with Crippen molar-refractivity contribution >= 4 is 17.9 Å². The molecule has 0 aromatic carbocycles. The third-order valence-electron chi connectivity index (χ3n) is 15.6. The van der Waals surface area contributed by atoms with Gasteiger partial charge in [-0.25, -0.2) is 0 Å². The number of hydrogen-bond donors (Lipinski definition) is 0. The fourth-order valence-corrected chi connectivity index (χ4v) is 10.4. The van der Waals surface area contributed by atoms with Crippen molar-refractivity contribution < 1.29 is 28.6 Å². The summed E-state index contributed by atoms with van der Waals surface area (Å²) >= 11 is 0. The zero-order valence-corrected chi connectivity index (χ0v) is 52.0. The van der Waals surface area contributed by atoms with E-state index in [-0.39, 0.29) is 31.1 Å². The first-order chi connectivity index (χ1) is 38.0. The van der Waals surface area contributed by atoms with E-state index >= 15 is 0 Å². The Kier molecular flexibility index (Phi) is 64.1. The maximum absolute atomic E-state index is 12.9. The first-order valence-corrected chi connectivity index (χ1v) is 34.5. The Morgan fingerprint density at radius 1 is 0.260 bits per heavy atom. The number of ether oxygens (including phenoxy) is 3. The molecule has 0 heterocycles. The summed E-state index contributed by atoms with van der Waals surface area (Å²) in [5.74, 6) is -0.860. The van der Waals surface area contributed by atoms with Crippen molar-refractivity contribution in [3.05, 3.63) is 36.5 Å². The number of hydrogen-bond acceptors (Lipinski definition) is 6. The summed E-state index contributed by atoms with van der Waals surface area (Å²) in [6.07, 6.45) is 81.7. The van der Waals surface area contributed by atoms with E-state index in [1.54, 1.807) is 0 Å². The third-order valence-corrected chi connectivity index (χ3v) is 15.6. The molecular weight excluding hydrogens is 949 g/mol. The Morgan fingerprint density at radius 3 is 0.766 bits per heavy atom. The number of allylic oxidation sites excluding steroid dienone is 6. The van der Waals surface area contributed by atoms with Gasteiger partial charge in [0.05, 0.1) is 0 Å². The van der Waals surface area contributed by atoms with Gasteiger partial charge >= 0.3 is 17.9 Å². The van der Waals surface area contributed by atoms with E-state index in [1.165, 1.54) is 270 Å². The summed E-state index contributed by atoms with van der Waals surface area (Å²) < 4.78 is 17.0. The van der Waals surface area contributed by atoms with E-state index in [2.05, 4.69) is 57.2 Å². The molecule has 0 aromatic rings. The van der Waals surface area contributed by atoms with Crippen LogP contribution in [-0.4, -0.2) is 37.2 Å². The minimum absolute atomic E-state index is 0.0721. The van der Waals surface area contributed by atoms with E-state index in [0.29, 0.717) is 19.3 Å². The highest BCUT2D eigenvalue weighted by molar-refractivity contribution is 5.71. The van der Waals surface area contributed by atoms with Gasteiger partial charge in [0, 0.05) is 19.3 Å². The summed E-state index contributed by atoms with van der Waals surface area (Å²) in [5.41, 5.74) is 0. The van der Waals surface area contributed by atoms with Crippen molar-refractivity contribution in [2.45, 2.75) is 386 Å². The zero-order valence-electron chi connectivity index (χ0n) is 52.0. The molecule has 0 saturated heterocycles. The van der Waals surface area contributed by atoms with Gasteiger partial charge in [0.2, 0.25) is 0 Å². The standard InChI is InChI=1S/C71H132O6/c1-4-7-10-13-16-19-22-25-27-29-31-32-33-34-35-36-37-38-40-41-43-46-49-52-55-58-61-64-70(73)76-67-68(66-75-69(72)63-60-57-54-51-48-45-24-21-18-15-12-9-6-3)77-71(74)65-62-59-56-53-50-47-44-42-39-30-28-26-23-20-17-14-11-8-5-2/h17,20-21,24,26,28,68H,4-16,18-19,22-23,25,27,29-67H2,1-3H3/b20-17-,24-21-,28-26-. The van der Waals surface area contributed by atoms with E-state index in [9.17, 15) is 14.4 Å². The molecule has 0 spiro atoms. The van der Waals surface area contributed by atoms with Crippen LogP contribution in [0.5, 0.6) is 0 Å². The minimum Gasteiger partial charge on any atom is -0.462 e. The summed E-state index contributed by atoms with van der Waals surface area (Å²) in [6.45, 7) is 6.66. The molecular formula is C71H132O6. The van der Waals surface area contributed by atoms with Gasteiger partial charge in [-0.1, -0.05) is 320 Å². The maximum atomic E-state index is 12.9. The zero-order chi connectivity index (χ0) is 55.7. The van der Waals surface area contributed by atoms with Crippen LogP contribution in [0.25, 0.3) is 0 Å². The quantitative estimate of drug-likeness (QED) is 0.0261. The van der Waals surface area contributed by atoms with Crippen LogP contribution in [0.4, 0.5) is 0 Å². The molecule has 0 bridgehead atoms. The lowest BCUT2D eigenvalue weighted by Gasteiger charge is -2.18. The lowest BCUT2D eigenvalue weighted by atomic mass is 10.0. The van der Waals surface area contributed by atoms with Crippen molar-refractivity contribution in [2.24, 2.45) is 0 Å². The van der Waals surface area contributed by atoms with Crippen LogP contribution in [0.15, 0.2) is 36.5 Å². The van der Waals surface area contributed by atoms with Crippen molar-refractivity contribution in [1.82, 2.24) is 0 Å². The highest BCUT2D eigenvalue weighted by atomic mass is 16.6. The molecule has 0 rings (SSSR count). The number of esters is 3. The molecule has 6 nitrogen and oxygen atoms in total. The number of unbranched alkanes of at least 4 members (excludes halogenated alkanes) is 47. The van der Waals surface area contributed by atoms with Crippen molar-refractivity contribution in [2.75, 3.05) is 13.2 Å². The van der Waals surface area contributed by atoms with E-state index in [1.807, 2.05) is 0 Å². The monoisotopic (exact) mass is 1080 g/mol. The van der Waals surface area contributed by atoms with E-state index in [0.717, 1.165) is 70.6 Å². The SMILES string of the molecule is CCCCC/C=C\C/C=C\CCCCCCCCCCCC(=O)OC(COC(=O)CCCCCCC/C=C\CCCCCC)COC(=O)CCCCCCCCCCCCCCCCCCCCCCCCCCCCC.